The predicted molar refractivity (Wildman–Crippen MR) is 67.9 cm³/mol. The van der Waals surface area contributed by atoms with Gasteiger partial charge in [0.2, 0.25) is 0 Å². The van der Waals surface area contributed by atoms with Crippen LogP contribution in [0.15, 0.2) is 28.8 Å². The third-order valence-electron chi connectivity index (χ3n) is 2.45. The largest absolute Gasteiger partial charge is 0.497 e. The van der Waals surface area contributed by atoms with Gasteiger partial charge in [0.1, 0.15) is 17.8 Å². The maximum atomic E-state index is 10.9. The highest BCUT2D eigenvalue weighted by Crippen LogP contribution is 2.26. The van der Waals surface area contributed by atoms with Crippen molar-refractivity contribution < 1.29 is 14.3 Å². The second-order valence-electron chi connectivity index (χ2n) is 3.53. The highest BCUT2D eigenvalue weighted by Gasteiger charge is 2.09. The Morgan fingerprint density at radius 3 is 2.53 bits per heavy atom. The monoisotopic (exact) mass is 254 g/mol. The molecule has 3 nitrogen and oxygen atoms in total. The van der Waals surface area contributed by atoms with E-state index in [-0.39, 0.29) is 0 Å². The van der Waals surface area contributed by atoms with Gasteiger partial charge in [-0.3, -0.25) is 4.79 Å². The van der Waals surface area contributed by atoms with E-state index in [1.165, 1.54) is 0 Å². The number of hydrogen-bond acceptors (Lipinski definition) is 3. The van der Waals surface area contributed by atoms with Crippen molar-refractivity contribution in [3.05, 3.63) is 34.4 Å². The van der Waals surface area contributed by atoms with Crippen molar-refractivity contribution in [2.75, 3.05) is 14.2 Å². The summed E-state index contributed by atoms with van der Waals surface area (Å²) in [5.74, 6) is 1.43. The molecule has 1 aromatic rings. The van der Waals surface area contributed by atoms with E-state index in [4.69, 9.17) is 21.1 Å². The molecule has 0 aromatic heterocycles. The van der Waals surface area contributed by atoms with E-state index < -0.39 is 0 Å². The number of rotatable bonds is 5. The minimum atomic E-state index is 0.430. The Bertz CT molecular complexity index is 434. The molecule has 0 aliphatic heterocycles. The van der Waals surface area contributed by atoms with Gasteiger partial charge in [-0.25, -0.2) is 0 Å². The average Bonchev–Trinajstić information content (AvgIpc) is 2.35. The lowest BCUT2D eigenvalue weighted by atomic mass is 10.0. The summed E-state index contributed by atoms with van der Waals surface area (Å²) in [5, 5.41) is 0.491. The van der Waals surface area contributed by atoms with Crippen LogP contribution in [0, 0.1) is 0 Å². The lowest BCUT2D eigenvalue weighted by Gasteiger charge is -2.10. The van der Waals surface area contributed by atoms with Crippen LogP contribution < -0.4 is 9.47 Å². The summed E-state index contributed by atoms with van der Waals surface area (Å²) < 4.78 is 10.4. The van der Waals surface area contributed by atoms with Crippen LogP contribution in [0.4, 0.5) is 0 Å². The summed E-state index contributed by atoms with van der Waals surface area (Å²) in [4.78, 5) is 10.9. The van der Waals surface area contributed by atoms with Gasteiger partial charge < -0.3 is 9.47 Å². The Hall–Kier alpha value is -1.48. The topological polar surface area (TPSA) is 35.5 Å². The molecule has 0 heterocycles. The van der Waals surface area contributed by atoms with Gasteiger partial charge in [-0.1, -0.05) is 11.6 Å². The van der Waals surface area contributed by atoms with Crippen molar-refractivity contribution in [2.24, 2.45) is 0 Å². The molecule has 0 atom stereocenters. The van der Waals surface area contributed by atoms with Gasteiger partial charge in [0.25, 0.3) is 0 Å². The SMILES string of the molecule is COc1ccc(OC)c(C/C(C=O)=C(\C)Cl)c1. The van der Waals surface area contributed by atoms with Crippen molar-refractivity contribution in [1.29, 1.82) is 0 Å². The zero-order chi connectivity index (χ0) is 12.8. The Kier molecular flexibility index (Phi) is 5.04. The molecule has 0 unspecified atom stereocenters. The lowest BCUT2D eigenvalue weighted by Crippen LogP contribution is -1.98. The number of carbonyl (C=O) groups excluding carboxylic acids is 1. The average molecular weight is 255 g/mol. The second kappa shape index (κ2) is 6.30. The molecule has 0 fully saturated rings. The van der Waals surface area contributed by atoms with E-state index in [1.54, 1.807) is 33.3 Å². The smallest absolute Gasteiger partial charge is 0.147 e. The molecule has 17 heavy (non-hydrogen) atoms. The highest BCUT2D eigenvalue weighted by molar-refractivity contribution is 6.30. The lowest BCUT2D eigenvalue weighted by molar-refractivity contribution is -0.105. The van der Waals surface area contributed by atoms with Gasteiger partial charge in [0.05, 0.1) is 14.2 Å². The number of aldehydes is 1. The second-order valence-corrected chi connectivity index (χ2v) is 4.10. The maximum absolute atomic E-state index is 10.9. The summed E-state index contributed by atoms with van der Waals surface area (Å²) in [7, 11) is 3.18. The van der Waals surface area contributed by atoms with Crippen LogP contribution in [0.5, 0.6) is 11.5 Å². The molecule has 1 aromatic carbocycles. The molecule has 0 amide bonds. The Balaban J connectivity index is 3.11. The van der Waals surface area contributed by atoms with Crippen molar-refractivity contribution in [2.45, 2.75) is 13.3 Å². The summed E-state index contributed by atoms with van der Waals surface area (Å²) in [5.41, 5.74) is 1.41. The van der Waals surface area contributed by atoms with E-state index in [0.29, 0.717) is 22.8 Å². The van der Waals surface area contributed by atoms with Crippen LogP contribution in [0.2, 0.25) is 0 Å². The molecule has 0 aliphatic rings. The van der Waals surface area contributed by atoms with Crippen LogP contribution in [0.25, 0.3) is 0 Å². The normalized spacial score (nSPS) is 11.8. The fourth-order valence-electron chi connectivity index (χ4n) is 1.47. The molecule has 92 valence electrons. The number of methoxy groups -OCH3 is 2. The van der Waals surface area contributed by atoms with Crippen LogP contribution in [-0.4, -0.2) is 20.5 Å². The fraction of sp³-hybridized carbons (Fsp3) is 0.308. The minimum Gasteiger partial charge on any atom is -0.497 e. The van der Waals surface area contributed by atoms with Gasteiger partial charge in [-0.2, -0.15) is 0 Å². The summed E-state index contributed by atoms with van der Waals surface area (Å²) in [6, 6.07) is 5.45. The molecule has 0 bridgehead atoms. The predicted octanol–water partition coefficient (Wildman–Crippen LogP) is 2.96. The van der Waals surface area contributed by atoms with E-state index in [0.717, 1.165) is 17.6 Å². The quantitative estimate of drug-likeness (QED) is 0.599. The van der Waals surface area contributed by atoms with Gasteiger partial charge in [-0.05, 0) is 25.1 Å². The number of allylic oxidation sites excluding steroid dienone is 2. The molecule has 4 heteroatoms. The minimum absolute atomic E-state index is 0.430. The summed E-state index contributed by atoms with van der Waals surface area (Å²) in [6.45, 7) is 1.69. The molecule has 0 radical (unpaired) electrons. The molecule has 0 aliphatic carbocycles. The first-order valence-electron chi connectivity index (χ1n) is 5.13. The molecule has 0 saturated heterocycles. The standard InChI is InChI=1S/C13H15ClO3/c1-9(14)11(8-15)6-10-7-12(16-2)4-5-13(10)17-3/h4-5,7-8H,6H2,1-3H3/b11-9-. The van der Waals surface area contributed by atoms with Crippen molar-refractivity contribution in [3.63, 3.8) is 0 Å². The van der Waals surface area contributed by atoms with Crippen LogP contribution in [0.3, 0.4) is 0 Å². The zero-order valence-electron chi connectivity index (χ0n) is 10.1. The first-order valence-corrected chi connectivity index (χ1v) is 5.51. The number of halogens is 1. The third-order valence-corrected chi connectivity index (χ3v) is 2.70. The molecule has 0 saturated carbocycles. The number of benzene rings is 1. The number of carbonyl (C=O) groups is 1. The third kappa shape index (κ3) is 3.49. The first-order chi connectivity index (χ1) is 8.12. The first kappa shape index (κ1) is 13.6. The zero-order valence-corrected chi connectivity index (χ0v) is 10.9. The van der Waals surface area contributed by atoms with Gasteiger partial charge in [0, 0.05) is 22.6 Å². The fourth-order valence-corrected chi connectivity index (χ4v) is 1.58. The van der Waals surface area contributed by atoms with E-state index in [9.17, 15) is 4.79 Å². The molecular formula is C13H15ClO3. The molecule has 0 N–H and O–H groups in total. The van der Waals surface area contributed by atoms with Gasteiger partial charge in [0.15, 0.2) is 0 Å². The molecule has 0 spiro atoms. The van der Waals surface area contributed by atoms with Crippen LogP contribution in [-0.2, 0) is 11.2 Å². The van der Waals surface area contributed by atoms with Gasteiger partial charge in [-0.15, -0.1) is 0 Å². The Labute approximate surface area is 106 Å². The molecule has 1 rings (SSSR count). The Morgan fingerprint density at radius 1 is 1.35 bits per heavy atom. The van der Waals surface area contributed by atoms with Crippen molar-refractivity contribution in [3.8, 4) is 11.5 Å². The summed E-state index contributed by atoms with van der Waals surface area (Å²) in [6.07, 6.45) is 1.19. The number of ether oxygens (including phenoxy) is 2. The highest BCUT2D eigenvalue weighted by atomic mass is 35.5. The van der Waals surface area contributed by atoms with Crippen molar-refractivity contribution >= 4 is 17.9 Å². The van der Waals surface area contributed by atoms with Crippen LogP contribution in [0.1, 0.15) is 12.5 Å². The van der Waals surface area contributed by atoms with Gasteiger partial charge >= 0.3 is 0 Å². The summed E-state index contributed by atoms with van der Waals surface area (Å²) >= 11 is 5.84. The molecular weight excluding hydrogens is 240 g/mol. The van der Waals surface area contributed by atoms with Crippen LogP contribution >= 0.6 is 11.6 Å². The van der Waals surface area contributed by atoms with E-state index >= 15 is 0 Å². The van der Waals surface area contributed by atoms with E-state index in [2.05, 4.69) is 0 Å². The van der Waals surface area contributed by atoms with E-state index in [1.807, 2.05) is 6.07 Å². The Morgan fingerprint density at radius 2 is 2.06 bits per heavy atom. The number of hydrogen-bond donors (Lipinski definition) is 0. The maximum Gasteiger partial charge on any atom is 0.147 e. The van der Waals surface area contributed by atoms with Crippen molar-refractivity contribution in [1.82, 2.24) is 0 Å².